The standard InChI is InChI=1S/C20H17BrN2OS/c21-16-6-7-18-17(10-16)20(15-4-2-1-3-5-15)23(12-19(24)22-18)11-14-8-9-25-13-14/h1-10,13,20H,11-12H2,(H,22,24). The van der Waals surface area contributed by atoms with Crippen LogP contribution in [0.1, 0.15) is 22.7 Å². The van der Waals surface area contributed by atoms with Crippen LogP contribution < -0.4 is 5.32 Å². The van der Waals surface area contributed by atoms with E-state index in [-0.39, 0.29) is 11.9 Å². The third-order valence-corrected chi connectivity index (χ3v) is 5.60. The highest BCUT2D eigenvalue weighted by molar-refractivity contribution is 9.10. The Bertz CT molecular complexity index is 880. The van der Waals surface area contributed by atoms with Crippen LogP contribution >= 0.6 is 27.3 Å². The number of anilines is 1. The van der Waals surface area contributed by atoms with Gasteiger partial charge in [-0.3, -0.25) is 9.69 Å². The third-order valence-electron chi connectivity index (χ3n) is 4.38. The normalized spacial score (nSPS) is 17.6. The molecular formula is C20H17BrN2OS. The summed E-state index contributed by atoms with van der Waals surface area (Å²) in [5.74, 6) is 0.0252. The van der Waals surface area contributed by atoms with Crippen molar-refractivity contribution >= 4 is 38.9 Å². The smallest absolute Gasteiger partial charge is 0.238 e. The molecule has 126 valence electrons. The molecule has 1 aliphatic rings. The molecule has 1 amide bonds. The molecule has 2 aromatic carbocycles. The monoisotopic (exact) mass is 412 g/mol. The number of fused-ring (bicyclic) bond motifs is 1. The first-order chi connectivity index (χ1) is 12.2. The van der Waals surface area contributed by atoms with Crippen LogP contribution in [0.25, 0.3) is 0 Å². The Labute approximate surface area is 159 Å². The molecule has 1 aromatic heterocycles. The summed E-state index contributed by atoms with van der Waals surface area (Å²) in [6.07, 6.45) is 0. The van der Waals surface area contributed by atoms with Crippen molar-refractivity contribution in [2.75, 3.05) is 11.9 Å². The zero-order chi connectivity index (χ0) is 17.2. The average molecular weight is 413 g/mol. The van der Waals surface area contributed by atoms with Gasteiger partial charge in [0.05, 0.1) is 12.6 Å². The number of nitrogens with one attached hydrogen (secondary N) is 1. The number of benzene rings is 2. The molecule has 4 rings (SSSR count). The van der Waals surface area contributed by atoms with Crippen LogP contribution in [0, 0.1) is 0 Å². The lowest BCUT2D eigenvalue weighted by molar-refractivity contribution is -0.117. The number of thiophene rings is 1. The lowest BCUT2D eigenvalue weighted by atomic mass is 9.95. The van der Waals surface area contributed by atoms with Gasteiger partial charge in [-0.15, -0.1) is 0 Å². The van der Waals surface area contributed by atoms with Crippen LogP contribution in [0.2, 0.25) is 0 Å². The number of rotatable bonds is 3. The summed E-state index contributed by atoms with van der Waals surface area (Å²) in [5, 5.41) is 7.28. The number of hydrogen-bond acceptors (Lipinski definition) is 3. The van der Waals surface area contributed by atoms with Gasteiger partial charge < -0.3 is 5.32 Å². The van der Waals surface area contributed by atoms with E-state index in [0.717, 1.165) is 22.3 Å². The van der Waals surface area contributed by atoms with Gasteiger partial charge in [0.2, 0.25) is 5.91 Å². The molecule has 2 heterocycles. The Morgan fingerprint density at radius 2 is 2.00 bits per heavy atom. The summed E-state index contributed by atoms with van der Waals surface area (Å²) in [6.45, 7) is 1.10. The zero-order valence-corrected chi connectivity index (χ0v) is 15.9. The fraction of sp³-hybridized carbons (Fsp3) is 0.150. The van der Waals surface area contributed by atoms with Gasteiger partial charge in [0, 0.05) is 16.7 Å². The van der Waals surface area contributed by atoms with Crippen molar-refractivity contribution in [2.24, 2.45) is 0 Å². The van der Waals surface area contributed by atoms with Gasteiger partial charge in [0.25, 0.3) is 0 Å². The van der Waals surface area contributed by atoms with Gasteiger partial charge in [-0.2, -0.15) is 11.3 Å². The molecule has 1 unspecified atom stereocenters. The van der Waals surface area contributed by atoms with Gasteiger partial charge in [-0.05, 0) is 51.7 Å². The topological polar surface area (TPSA) is 32.3 Å². The van der Waals surface area contributed by atoms with Gasteiger partial charge in [-0.25, -0.2) is 0 Å². The summed E-state index contributed by atoms with van der Waals surface area (Å²) >= 11 is 5.27. The van der Waals surface area contributed by atoms with Crippen molar-refractivity contribution in [1.82, 2.24) is 4.90 Å². The third kappa shape index (κ3) is 3.54. The molecule has 0 bridgehead atoms. The first-order valence-corrected chi connectivity index (χ1v) is 9.83. The van der Waals surface area contributed by atoms with Gasteiger partial charge >= 0.3 is 0 Å². The number of amides is 1. The second kappa shape index (κ2) is 7.12. The molecule has 0 fully saturated rings. The van der Waals surface area contributed by atoms with E-state index in [1.807, 2.05) is 18.2 Å². The SMILES string of the molecule is O=C1CN(Cc2ccsc2)C(c2ccccc2)c2cc(Br)ccc2N1. The summed E-state index contributed by atoms with van der Waals surface area (Å²) in [5.41, 5.74) is 4.42. The van der Waals surface area contributed by atoms with Crippen LogP contribution in [0.3, 0.4) is 0 Å². The highest BCUT2D eigenvalue weighted by Crippen LogP contribution is 2.38. The predicted octanol–water partition coefficient (Wildman–Crippen LogP) is 5.05. The maximum atomic E-state index is 12.5. The molecule has 0 saturated carbocycles. The molecule has 5 heteroatoms. The predicted molar refractivity (Wildman–Crippen MR) is 106 cm³/mol. The van der Waals surface area contributed by atoms with E-state index in [1.165, 1.54) is 11.1 Å². The van der Waals surface area contributed by atoms with Crippen LogP contribution in [0.5, 0.6) is 0 Å². The lowest BCUT2D eigenvalue weighted by Gasteiger charge is -2.30. The van der Waals surface area contributed by atoms with E-state index < -0.39 is 0 Å². The second-order valence-electron chi connectivity index (χ2n) is 6.13. The van der Waals surface area contributed by atoms with Gasteiger partial charge in [0.1, 0.15) is 0 Å². The Morgan fingerprint density at radius 1 is 1.16 bits per heavy atom. The minimum Gasteiger partial charge on any atom is -0.325 e. The Morgan fingerprint density at radius 3 is 2.76 bits per heavy atom. The largest absolute Gasteiger partial charge is 0.325 e. The van der Waals surface area contributed by atoms with E-state index >= 15 is 0 Å². The van der Waals surface area contributed by atoms with Crippen LogP contribution in [-0.4, -0.2) is 17.4 Å². The fourth-order valence-corrected chi connectivity index (χ4v) is 4.36. The highest BCUT2D eigenvalue weighted by atomic mass is 79.9. The summed E-state index contributed by atoms with van der Waals surface area (Å²) in [4.78, 5) is 14.7. The first-order valence-electron chi connectivity index (χ1n) is 8.10. The van der Waals surface area contributed by atoms with Gasteiger partial charge in [-0.1, -0.05) is 46.3 Å². The van der Waals surface area contributed by atoms with Crippen molar-refractivity contribution in [1.29, 1.82) is 0 Å². The van der Waals surface area contributed by atoms with Crippen molar-refractivity contribution in [2.45, 2.75) is 12.6 Å². The van der Waals surface area contributed by atoms with E-state index in [0.29, 0.717) is 6.54 Å². The molecule has 1 aliphatic heterocycles. The van der Waals surface area contributed by atoms with E-state index in [1.54, 1.807) is 11.3 Å². The molecule has 0 radical (unpaired) electrons. The maximum Gasteiger partial charge on any atom is 0.238 e. The Balaban J connectivity index is 1.84. The molecule has 25 heavy (non-hydrogen) atoms. The Hall–Kier alpha value is -1.95. The second-order valence-corrected chi connectivity index (χ2v) is 7.83. The number of halogens is 1. The van der Waals surface area contributed by atoms with E-state index in [4.69, 9.17) is 0 Å². The molecule has 1 atom stereocenters. The van der Waals surface area contributed by atoms with Crippen molar-refractivity contribution in [3.8, 4) is 0 Å². The minimum absolute atomic E-state index is 0.0209. The fourth-order valence-electron chi connectivity index (χ4n) is 3.33. The van der Waals surface area contributed by atoms with Crippen molar-refractivity contribution in [3.05, 3.63) is 86.5 Å². The number of carbonyl (C=O) groups excluding carboxylic acids is 1. The highest BCUT2D eigenvalue weighted by Gasteiger charge is 2.30. The van der Waals surface area contributed by atoms with E-state index in [9.17, 15) is 4.79 Å². The molecule has 0 spiro atoms. The number of carbonyl (C=O) groups is 1. The lowest BCUT2D eigenvalue weighted by Crippen LogP contribution is -2.33. The van der Waals surface area contributed by atoms with Crippen molar-refractivity contribution < 1.29 is 4.79 Å². The van der Waals surface area contributed by atoms with Crippen molar-refractivity contribution in [3.63, 3.8) is 0 Å². The van der Waals surface area contributed by atoms with Crippen LogP contribution in [-0.2, 0) is 11.3 Å². The molecular weight excluding hydrogens is 396 g/mol. The average Bonchev–Trinajstić information content (AvgIpc) is 3.06. The quantitative estimate of drug-likeness (QED) is 0.652. The number of nitrogens with zero attached hydrogens (tertiary/aromatic N) is 1. The van der Waals surface area contributed by atoms with E-state index in [2.05, 4.69) is 73.3 Å². The molecule has 3 nitrogen and oxygen atoms in total. The summed E-state index contributed by atoms with van der Waals surface area (Å²) in [6, 6.07) is 18.6. The summed E-state index contributed by atoms with van der Waals surface area (Å²) in [7, 11) is 0. The number of hydrogen-bond donors (Lipinski definition) is 1. The Kier molecular flexibility index (Phi) is 4.70. The molecule has 1 N–H and O–H groups in total. The minimum atomic E-state index is 0.0209. The first kappa shape index (κ1) is 16.5. The van der Waals surface area contributed by atoms with Gasteiger partial charge in [0.15, 0.2) is 0 Å². The van der Waals surface area contributed by atoms with Crippen LogP contribution in [0.4, 0.5) is 5.69 Å². The molecule has 0 saturated heterocycles. The molecule has 3 aromatic rings. The maximum absolute atomic E-state index is 12.5. The zero-order valence-electron chi connectivity index (χ0n) is 13.5. The molecule has 0 aliphatic carbocycles. The summed E-state index contributed by atoms with van der Waals surface area (Å²) < 4.78 is 1.01. The van der Waals surface area contributed by atoms with Crippen LogP contribution in [0.15, 0.2) is 69.8 Å².